The lowest BCUT2D eigenvalue weighted by Crippen LogP contribution is -2.43. The Morgan fingerprint density at radius 3 is 2.56 bits per heavy atom. The SMILES string of the molecule is CN1CCC(c2c[nH]c3cc4c(cc23)N(NC(=O)Nc2ccc(-c3ccncc3)c3ccccc23)CC4)CC1. The monoisotopic (exact) mass is 516 g/mol. The number of urea groups is 1. The molecule has 4 heterocycles. The fraction of sp³-hybridized carbons (Fsp3) is 0.250. The first-order valence-corrected chi connectivity index (χ1v) is 13.7. The lowest BCUT2D eigenvalue weighted by atomic mass is 9.89. The maximum absolute atomic E-state index is 13.3. The van der Waals surface area contributed by atoms with E-state index in [1.54, 1.807) is 12.4 Å². The predicted molar refractivity (Wildman–Crippen MR) is 158 cm³/mol. The van der Waals surface area contributed by atoms with Gasteiger partial charge in [0.2, 0.25) is 0 Å². The third kappa shape index (κ3) is 4.38. The zero-order valence-corrected chi connectivity index (χ0v) is 22.1. The summed E-state index contributed by atoms with van der Waals surface area (Å²) in [6.45, 7) is 3.02. The van der Waals surface area contributed by atoms with Crippen molar-refractivity contribution in [3.05, 3.63) is 90.4 Å². The molecule has 5 aromatic rings. The van der Waals surface area contributed by atoms with Crippen LogP contribution >= 0.6 is 0 Å². The Labute approximate surface area is 227 Å². The summed E-state index contributed by atoms with van der Waals surface area (Å²) in [4.78, 5) is 23.3. The second kappa shape index (κ2) is 9.75. The van der Waals surface area contributed by atoms with Gasteiger partial charge in [-0.15, -0.1) is 0 Å². The van der Waals surface area contributed by atoms with Gasteiger partial charge in [0.1, 0.15) is 0 Å². The molecule has 0 spiro atoms. The molecule has 2 aliphatic heterocycles. The van der Waals surface area contributed by atoms with Gasteiger partial charge in [0.15, 0.2) is 0 Å². The zero-order valence-electron chi connectivity index (χ0n) is 22.1. The Balaban J connectivity index is 1.13. The molecule has 0 atom stereocenters. The average molecular weight is 517 g/mol. The van der Waals surface area contributed by atoms with Crippen molar-refractivity contribution >= 4 is 39.1 Å². The summed E-state index contributed by atoms with van der Waals surface area (Å²) in [6.07, 6.45) is 9.06. The number of carbonyl (C=O) groups excluding carboxylic acids is 1. The number of likely N-dealkylation sites (tertiary alicyclic amines) is 1. The average Bonchev–Trinajstić information content (AvgIpc) is 3.56. The minimum Gasteiger partial charge on any atom is -0.361 e. The van der Waals surface area contributed by atoms with E-state index in [9.17, 15) is 4.79 Å². The number of nitrogens with one attached hydrogen (secondary N) is 3. The fourth-order valence-corrected chi connectivity index (χ4v) is 6.27. The van der Waals surface area contributed by atoms with Gasteiger partial charge in [0.05, 0.1) is 11.4 Å². The first kappa shape index (κ1) is 23.7. The highest BCUT2D eigenvalue weighted by atomic mass is 16.2. The maximum Gasteiger partial charge on any atom is 0.338 e. The van der Waals surface area contributed by atoms with E-state index in [-0.39, 0.29) is 6.03 Å². The number of carbonyl (C=O) groups is 1. The van der Waals surface area contributed by atoms with E-state index in [1.807, 2.05) is 41.4 Å². The van der Waals surface area contributed by atoms with Gasteiger partial charge in [-0.05, 0) is 103 Å². The number of hydrogen-bond acceptors (Lipinski definition) is 4. The van der Waals surface area contributed by atoms with Crippen molar-refractivity contribution in [2.75, 3.05) is 37.0 Å². The highest BCUT2D eigenvalue weighted by Crippen LogP contribution is 2.38. The number of aromatic amines is 1. The largest absolute Gasteiger partial charge is 0.361 e. The Kier molecular flexibility index (Phi) is 5.93. The van der Waals surface area contributed by atoms with Gasteiger partial charge >= 0.3 is 6.03 Å². The first-order valence-electron chi connectivity index (χ1n) is 13.7. The van der Waals surface area contributed by atoms with Gasteiger partial charge in [-0.25, -0.2) is 10.2 Å². The molecule has 7 heteroatoms. The molecule has 39 heavy (non-hydrogen) atoms. The van der Waals surface area contributed by atoms with Crippen LogP contribution in [-0.4, -0.2) is 47.6 Å². The van der Waals surface area contributed by atoms with Crippen LogP contribution in [0.5, 0.6) is 0 Å². The van der Waals surface area contributed by atoms with Crippen molar-refractivity contribution in [2.45, 2.75) is 25.2 Å². The Morgan fingerprint density at radius 2 is 1.74 bits per heavy atom. The molecular weight excluding hydrogens is 484 g/mol. The van der Waals surface area contributed by atoms with Gasteiger partial charge in [0, 0.05) is 41.4 Å². The summed E-state index contributed by atoms with van der Waals surface area (Å²) in [7, 11) is 2.20. The summed E-state index contributed by atoms with van der Waals surface area (Å²) in [5.74, 6) is 0.572. The van der Waals surface area contributed by atoms with Crippen molar-refractivity contribution < 1.29 is 4.79 Å². The predicted octanol–water partition coefficient (Wildman–Crippen LogP) is 6.29. The van der Waals surface area contributed by atoms with E-state index in [4.69, 9.17) is 0 Å². The highest BCUT2D eigenvalue weighted by molar-refractivity contribution is 6.07. The summed E-state index contributed by atoms with van der Waals surface area (Å²) in [5, 5.41) is 8.46. The van der Waals surface area contributed by atoms with E-state index in [2.05, 4.69) is 63.1 Å². The van der Waals surface area contributed by atoms with Crippen LogP contribution in [0.1, 0.15) is 29.9 Å². The minimum absolute atomic E-state index is 0.241. The van der Waals surface area contributed by atoms with E-state index < -0.39 is 0 Å². The smallest absolute Gasteiger partial charge is 0.338 e. The highest BCUT2D eigenvalue weighted by Gasteiger charge is 2.26. The van der Waals surface area contributed by atoms with Crippen molar-refractivity contribution in [2.24, 2.45) is 0 Å². The van der Waals surface area contributed by atoms with Gasteiger partial charge in [0.25, 0.3) is 0 Å². The first-order chi connectivity index (χ1) is 19.1. The van der Waals surface area contributed by atoms with Crippen LogP contribution in [0.15, 0.2) is 79.3 Å². The molecule has 7 rings (SSSR count). The number of piperidine rings is 1. The molecule has 1 fully saturated rings. The van der Waals surface area contributed by atoms with Crippen molar-refractivity contribution in [1.29, 1.82) is 0 Å². The standard InChI is InChI=1S/C32H32N6O/c1-37-15-10-22(11-16-37)28-20-34-30-18-23-12-17-38(31(23)19-27(28)30)36-32(39)35-29-7-6-24(21-8-13-33-14-9-21)25-4-2-3-5-26(25)29/h2-9,13-14,18-20,22,34H,10-12,15-17H2,1H3,(H2,35,36,39). The summed E-state index contributed by atoms with van der Waals surface area (Å²) in [5.41, 5.74) is 11.0. The molecule has 2 aromatic heterocycles. The quantitative estimate of drug-likeness (QED) is 0.262. The maximum atomic E-state index is 13.3. The molecule has 196 valence electrons. The minimum atomic E-state index is -0.241. The van der Waals surface area contributed by atoms with E-state index >= 15 is 0 Å². The number of amides is 2. The summed E-state index contributed by atoms with van der Waals surface area (Å²) >= 11 is 0. The molecule has 3 N–H and O–H groups in total. The van der Waals surface area contributed by atoms with E-state index in [0.29, 0.717) is 5.92 Å². The van der Waals surface area contributed by atoms with E-state index in [0.717, 1.165) is 59.3 Å². The van der Waals surface area contributed by atoms with Crippen LogP contribution in [-0.2, 0) is 6.42 Å². The number of fused-ring (bicyclic) bond motifs is 3. The third-order valence-corrected chi connectivity index (χ3v) is 8.37. The second-order valence-electron chi connectivity index (χ2n) is 10.8. The Morgan fingerprint density at radius 1 is 0.949 bits per heavy atom. The molecule has 2 amide bonds. The summed E-state index contributed by atoms with van der Waals surface area (Å²) < 4.78 is 0. The number of hydrogen-bond donors (Lipinski definition) is 3. The number of aromatic nitrogens is 2. The molecule has 0 bridgehead atoms. The number of H-pyrrole nitrogens is 1. The number of anilines is 2. The topological polar surface area (TPSA) is 76.3 Å². The number of hydrazine groups is 1. The van der Waals surface area contributed by atoms with Gasteiger partial charge in [-0.1, -0.05) is 30.3 Å². The lowest BCUT2D eigenvalue weighted by Gasteiger charge is -2.29. The Hall–Kier alpha value is -4.36. The molecule has 0 saturated carbocycles. The number of nitrogens with zero attached hydrogens (tertiary/aromatic N) is 3. The molecule has 2 aliphatic rings. The molecule has 0 unspecified atom stereocenters. The van der Waals surface area contributed by atoms with Crippen LogP contribution in [0.25, 0.3) is 32.8 Å². The lowest BCUT2D eigenvalue weighted by molar-refractivity contribution is 0.251. The van der Waals surface area contributed by atoms with Crippen molar-refractivity contribution in [3.63, 3.8) is 0 Å². The third-order valence-electron chi connectivity index (χ3n) is 8.37. The zero-order chi connectivity index (χ0) is 26.3. The second-order valence-corrected chi connectivity index (χ2v) is 10.8. The van der Waals surface area contributed by atoms with Gasteiger partial charge in [-0.2, -0.15) is 0 Å². The fourth-order valence-electron chi connectivity index (χ4n) is 6.27. The number of benzene rings is 3. The van der Waals surface area contributed by atoms with Crippen LogP contribution in [0.2, 0.25) is 0 Å². The molecular formula is C32H32N6O. The van der Waals surface area contributed by atoms with Gasteiger partial charge < -0.3 is 15.2 Å². The van der Waals surface area contributed by atoms with E-state index in [1.165, 1.54) is 34.9 Å². The normalized spacial score (nSPS) is 16.1. The van der Waals surface area contributed by atoms with Crippen LogP contribution in [0.4, 0.5) is 16.2 Å². The Bertz CT molecular complexity index is 1670. The van der Waals surface area contributed by atoms with Crippen molar-refractivity contribution in [3.8, 4) is 11.1 Å². The molecule has 0 radical (unpaired) electrons. The number of pyridine rings is 1. The van der Waals surface area contributed by atoms with Crippen molar-refractivity contribution in [1.82, 2.24) is 20.3 Å². The molecule has 0 aliphatic carbocycles. The number of rotatable bonds is 4. The van der Waals surface area contributed by atoms with Crippen LogP contribution < -0.4 is 15.8 Å². The molecule has 7 nitrogen and oxygen atoms in total. The van der Waals surface area contributed by atoms with Gasteiger partial charge in [-0.3, -0.25) is 9.99 Å². The molecule has 3 aromatic carbocycles. The van der Waals surface area contributed by atoms with Crippen LogP contribution in [0, 0.1) is 0 Å². The summed E-state index contributed by atoms with van der Waals surface area (Å²) in [6, 6.07) is 20.5. The molecule has 1 saturated heterocycles. The van der Waals surface area contributed by atoms with Crippen LogP contribution in [0.3, 0.4) is 0 Å².